The van der Waals surface area contributed by atoms with Crippen LogP contribution in [-0.2, 0) is 11.2 Å². The van der Waals surface area contributed by atoms with Crippen molar-refractivity contribution in [3.8, 4) is 17.2 Å². The van der Waals surface area contributed by atoms with Crippen LogP contribution in [0, 0.1) is 0 Å². The molecule has 0 heterocycles. The second-order valence-corrected chi connectivity index (χ2v) is 6.58. The summed E-state index contributed by atoms with van der Waals surface area (Å²) in [5, 5.41) is 5.95. The minimum atomic E-state index is -0.179. The molecule has 0 radical (unpaired) electrons. The molecular formula is C24H26N2O4. The Hall–Kier alpha value is -3.67. The van der Waals surface area contributed by atoms with Crippen LogP contribution >= 0.6 is 0 Å². The fraction of sp³-hybridized carbons (Fsp3) is 0.208. The first-order valence-corrected chi connectivity index (χ1v) is 9.70. The zero-order valence-corrected chi connectivity index (χ0v) is 17.2. The molecule has 6 nitrogen and oxygen atoms in total. The van der Waals surface area contributed by atoms with Crippen LogP contribution in [-0.4, -0.2) is 33.3 Å². The Morgan fingerprint density at radius 2 is 1.70 bits per heavy atom. The van der Waals surface area contributed by atoms with Crippen molar-refractivity contribution in [1.29, 1.82) is 0 Å². The smallest absolute Gasteiger partial charge is 0.243 e. The molecule has 0 saturated carbocycles. The van der Waals surface area contributed by atoms with E-state index in [1.807, 2.05) is 42.5 Å². The monoisotopic (exact) mass is 406 g/mol. The van der Waals surface area contributed by atoms with Crippen LogP contribution in [0.4, 0.5) is 11.4 Å². The molecule has 6 heteroatoms. The maximum Gasteiger partial charge on any atom is 0.243 e. The van der Waals surface area contributed by atoms with Gasteiger partial charge in [0.25, 0.3) is 0 Å². The van der Waals surface area contributed by atoms with Crippen molar-refractivity contribution in [1.82, 2.24) is 0 Å². The molecule has 0 bridgehead atoms. The lowest BCUT2D eigenvalue weighted by Gasteiger charge is -2.13. The lowest BCUT2D eigenvalue weighted by molar-refractivity contribution is -0.114. The molecule has 0 unspecified atom stereocenters. The van der Waals surface area contributed by atoms with Crippen LogP contribution in [0.25, 0.3) is 0 Å². The van der Waals surface area contributed by atoms with Crippen molar-refractivity contribution < 1.29 is 19.0 Å². The van der Waals surface area contributed by atoms with Gasteiger partial charge in [-0.1, -0.05) is 36.4 Å². The fourth-order valence-corrected chi connectivity index (χ4v) is 2.93. The summed E-state index contributed by atoms with van der Waals surface area (Å²) in [6.07, 6.45) is 0.823. The van der Waals surface area contributed by atoms with Gasteiger partial charge < -0.3 is 24.8 Å². The maximum absolute atomic E-state index is 12.4. The van der Waals surface area contributed by atoms with Crippen molar-refractivity contribution in [3.63, 3.8) is 0 Å². The van der Waals surface area contributed by atoms with Gasteiger partial charge in [0.1, 0.15) is 17.2 Å². The van der Waals surface area contributed by atoms with Gasteiger partial charge in [0.15, 0.2) is 0 Å². The van der Waals surface area contributed by atoms with E-state index in [1.54, 1.807) is 32.4 Å². The standard InChI is InChI=1S/C24H26N2O4/c1-28-20-11-12-23(29-2)22(16-20)25-17-24(27)26-19-9-6-10-21(15-19)30-14-13-18-7-4-3-5-8-18/h3-12,15-16,25H,13-14,17H2,1-2H3,(H,26,27). The largest absolute Gasteiger partial charge is 0.497 e. The third kappa shape index (κ3) is 6.17. The molecule has 1 amide bonds. The number of benzene rings is 3. The van der Waals surface area contributed by atoms with E-state index in [2.05, 4.69) is 22.8 Å². The maximum atomic E-state index is 12.4. The number of anilines is 2. The topological polar surface area (TPSA) is 68.8 Å². The Morgan fingerprint density at radius 1 is 0.867 bits per heavy atom. The molecule has 3 aromatic carbocycles. The minimum Gasteiger partial charge on any atom is -0.497 e. The highest BCUT2D eigenvalue weighted by molar-refractivity contribution is 5.94. The van der Waals surface area contributed by atoms with E-state index in [0.717, 1.165) is 6.42 Å². The van der Waals surface area contributed by atoms with Crippen LogP contribution in [0.15, 0.2) is 72.8 Å². The predicted octanol–water partition coefficient (Wildman–Crippen LogP) is 4.38. The molecule has 0 atom stereocenters. The van der Waals surface area contributed by atoms with Crippen molar-refractivity contribution >= 4 is 17.3 Å². The summed E-state index contributed by atoms with van der Waals surface area (Å²) < 4.78 is 16.4. The van der Waals surface area contributed by atoms with E-state index in [-0.39, 0.29) is 12.5 Å². The Labute approximate surface area is 176 Å². The second-order valence-electron chi connectivity index (χ2n) is 6.58. The van der Waals surface area contributed by atoms with Crippen LogP contribution < -0.4 is 24.8 Å². The van der Waals surface area contributed by atoms with Crippen LogP contribution in [0.3, 0.4) is 0 Å². The zero-order valence-electron chi connectivity index (χ0n) is 17.2. The number of hydrogen-bond donors (Lipinski definition) is 2. The lowest BCUT2D eigenvalue weighted by Crippen LogP contribution is -2.22. The summed E-state index contributed by atoms with van der Waals surface area (Å²) in [7, 11) is 3.17. The molecule has 30 heavy (non-hydrogen) atoms. The van der Waals surface area contributed by atoms with E-state index in [1.165, 1.54) is 5.56 Å². The number of nitrogens with one attached hydrogen (secondary N) is 2. The van der Waals surface area contributed by atoms with Gasteiger partial charge in [0, 0.05) is 24.2 Å². The molecular weight excluding hydrogens is 380 g/mol. The van der Waals surface area contributed by atoms with Gasteiger partial charge in [-0.05, 0) is 29.8 Å². The Balaban J connectivity index is 1.51. The molecule has 3 rings (SSSR count). The molecule has 0 fully saturated rings. The molecule has 0 aromatic heterocycles. The Kier molecular flexibility index (Phi) is 7.55. The van der Waals surface area contributed by atoms with Gasteiger partial charge in [-0.3, -0.25) is 4.79 Å². The van der Waals surface area contributed by atoms with Gasteiger partial charge in [0.05, 0.1) is 33.1 Å². The van der Waals surface area contributed by atoms with E-state index in [9.17, 15) is 4.79 Å². The van der Waals surface area contributed by atoms with Crippen molar-refractivity contribution in [3.05, 3.63) is 78.4 Å². The fourth-order valence-electron chi connectivity index (χ4n) is 2.93. The highest BCUT2D eigenvalue weighted by Crippen LogP contribution is 2.28. The average molecular weight is 406 g/mol. The number of ether oxygens (including phenoxy) is 3. The first-order valence-electron chi connectivity index (χ1n) is 9.70. The molecule has 2 N–H and O–H groups in total. The summed E-state index contributed by atoms with van der Waals surface area (Å²) in [4.78, 5) is 12.4. The normalized spacial score (nSPS) is 10.2. The molecule has 0 aliphatic carbocycles. The van der Waals surface area contributed by atoms with Gasteiger partial charge in [0.2, 0.25) is 5.91 Å². The van der Waals surface area contributed by atoms with Gasteiger partial charge in [-0.2, -0.15) is 0 Å². The Bertz CT molecular complexity index is 960. The number of carbonyl (C=O) groups excluding carboxylic acids is 1. The minimum absolute atomic E-state index is 0.0859. The lowest BCUT2D eigenvalue weighted by atomic mass is 10.2. The van der Waals surface area contributed by atoms with Gasteiger partial charge >= 0.3 is 0 Å². The average Bonchev–Trinajstić information content (AvgIpc) is 2.78. The molecule has 3 aromatic rings. The van der Waals surface area contributed by atoms with Crippen LogP contribution in [0.5, 0.6) is 17.2 Å². The van der Waals surface area contributed by atoms with Gasteiger partial charge in [-0.25, -0.2) is 0 Å². The number of hydrogen-bond acceptors (Lipinski definition) is 5. The molecule has 0 saturated heterocycles. The first kappa shape index (κ1) is 21.0. The molecule has 156 valence electrons. The van der Waals surface area contributed by atoms with E-state index < -0.39 is 0 Å². The summed E-state index contributed by atoms with van der Waals surface area (Å²) in [5.41, 5.74) is 2.59. The highest BCUT2D eigenvalue weighted by atomic mass is 16.5. The SMILES string of the molecule is COc1ccc(OC)c(NCC(=O)Nc2cccc(OCCc3ccccc3)c2)c1. The summed E-state index contributed by atoms with van der Waals surface area (Å²) in [6, 6.07) is 22.9. The highest BCUT2D eigenvalue weighted by Gasteiger charge is 2.08. The van der Waals surface area contributed by atoms with E-state index in [0.29, 0.717) is 35.2 Å². The Morgan fingerprint density at radius 3 is 2.47 bits per heavy atom. The third-order valence-corrected chi connectivity index (χ3v) is 4.47. The van der Waals surface area contributed by atoms with Crippen molar-refractivity contribution in [2.75, 3.05) is 38.0 Å². The number of carbonyl (C=O) groups is 1. The predicted molar refractivity (Wildman–Crippen MR) is 119 cm³/mol. The third-order valence-electron chi connectivity index (χ3n) is 4.47. The first-order chi connectivity index (χ1) is 14.7. The zero-order chi connectivity index (χ0) is 21.2. The second kappa shape index (κ2) is 10.8. The van der Waals surface area contributed by atoms with Crippen molar-refractivity contribution in [2.24, 2.45) is 0 Å². The summed E-state index contributed by atoms with van der Waals surface area (Å²) in [6.45, 7) is 0.654. The molecule has 0 aliphatic rings. The molecule has 0 aliphatic heterocycles. The van der Waals surface area contributed by atoms with Gasteiger partial charge in [-0.15, -0.1) is 0 Å². The quantitative estimate of drug-likeness (QED) is 0.523. The molecule has 0 spiro atoms. The van der Waals surface area contributed by atoms with E-state index in [4.69, 9.17) is 14.2 Å². The number of amides is 1. The van der Waals surface area contributed by atoms with Crippen molar-refractivity contribution in [2.45, 2.75) is 6.42 Å². The number of methoxy groups -OCH3 is 2. The number of rotatable bonds is 10. The van der Waals surface area contributed by atoms with E-state index >= 15 is 0 Å². The summed E-state index contributed by atoms with van der Waals surface area (Å²) >= 11 is 0. The summed E-state index contributed by atoms with van der Waals surface area (Å²) in [5.74, 6) is 1.85. The van der Waals surface area contributed by atoms with Crippen LogP contribution in [0.1, 0.15) is 5.56 Å². The van der Waals surface area contributed by atoms with Crippen LogP contribution in [0.2, 0.25) is 0 Å².